The molecule has 3 rings (SSSR count). The van der Waals surface area contributed by atoms with Crippen molar-refractivity contribution in [3.05, 3.63) is 89.2 Å². The molecule has 5 nitrogen and oxygen atoms in total. The number of hydrogen-bond donors (Lipinski definition) is 0. The monoisotopic (exact) mass is 376 g/mol. The van der Waals surface area contributed by atoms with E-state index in [2.05, 4.69) is 4.98 Å². The molecular formula is C23H24N2O3. The van der Waals surface area contributed by atoms with Gasteiger partial charge in [0.1, 0.15) is 0 Å². The predicted octanol–water partition coefficient (Wildman–Crippen LogP) is 4.25. The van der Waals surface area contributed by atoms with Crippen LogP contribution in [-0.2, 0) is 13.1 Å². The summed E-state index contributed by atoms with van der Waals surface area (Å²) < 4.78 is 10.7. The van der Waals surface area contributed by atoms with E-state index in [1.54, 1.807) is 26.6 Å². The summed E-state index contributed by atoms with van der Waals surface area (Å²) in [6.45, 7) is 2.86. The van der Waals surface area contributed by atoms with Gasteiger partial charge in [-0.3, -0.25) is 9.78 Å². The number of amides is 1. The Bertz CT molecular complexity index is 942. The van der Waals surface area contributed by atoms with Crippen LogP contribution in [0.3, 0.4) is 0 Å². The smallest absolute Gasteiger partial charge is 0.254 e. The summed E-state index contributed by atoms with van der Waals surface area (Å²) in [4.78, 5) is 19.3. The molecule has 0 spiro atoms. The van der Waals surface area contributed by atoms with E-state index in [-0.39, 0.29) is 5.91 Å². The van der Waals surface area contributed by atoms with E-state index in [4.69, 9.17) is 9.47 Å². The number of rotatable bonds is 7. The van der Waals surface area contributed by atoms with Crippen LogP contribution < -0.4 is 9.47 Å². The lowest BCUT2D eigenvalue weighted by Gasteiger charge is -2.24. The Balaban J connectivity index is 1.92. The molecule has 2 aromatic carbocycles. The number of hydrogen-bond acceptors (Lipinski definition) is 4. The predicted molar refractivity (Wildman–Crippen MR) is 109 cm³/mol. The third-order valence-electron chi connectivity index (χ3n) is 4.58. The summed E-state index contributed by atoms with van der Waals surface area (Å²) in [5.74, 6) is 1.29. The first kappa shape index (κ1) is 19.4. The zero-order valence-electron chi connectivity index (χ0n) is 16.4. The van der Waals surface area contributed by atoms with Gasteiger partial charge >= 0.3 is 0 Å². The third kappa shape index (κ3) is 4.49. The Kier molecular flexibility index (Phi) is 6.27. The molecule has 5 heteroatoms. The molecule has 0 bridgehead atoms. The maximum absolute atomic E-state index is 13.3. The highest BCUT2D eigenvalue weighted by Gasteiger charge is 2.19. The zero-order valence-corrected chi connectivity index (χ0v) is 16.4. The Labute approximate surface area is 165 Å². The summed E-state index contributed by atoms with van der Waals surface area (Å²) in [6, 6.07) is 17.2. The standard InChI is InChI=1S/C23H24N2O3/c1-17-7-4-5-9-20(17)23(26)25(16-19-8-6-12-24-14-19)15-18-10-11-21(27-2)22(13-18)28-3/h4-14H,15-16H2,1-3H3. The molecule has 0 atom stereocenters. The van der Waals surface area contributed by atoms with Gasteiger partial charge in [0.05, 0.1) is 14.2 Å². The second-order valence-corrected chi connectivity index (χ2v) is 6.53. The van der Waals surface area contributed by atoms with Crippen LogP contribution in [0.1, 0.15) is 27.0 Å². The lowest BCUT2D eigenvalue weighted by Crippen LogP contribution is -2.30. The highest BCUT2D eigenvalue weighted by molar-refractivity contribution is 5.95. The molecule has 0 saturated carbocycles. The summed E-state index contributed by atoms with van der Waals surface area (Å²) in [5.41, 5.74) is 3.59. The van der Waals surface area contributed by atoms with Crippen molar-refractivity contribution in [2.24, 2.45) is 0 Å². The van der Waals surface area contributed by atoms with E-state index in [1.807, 2.05) is 66.4 Å². The van der Waals surface area contributed by atoms with Crippen molar-refractivity contribution in [2.75, 3.05) is 14.2 Å². The van der Waals surface area contributed by atoms with Crippen LogP contribution >= 0.6 is 0 Å². The van der Waals surface area contributed by atoms with Crippen molar-refractivity contribution in [3.63, 3.8) is 0 Å². The highest BCUT2D eigenvalue weighted by Crippen LogP contribution is 2.28. The van der Waals surface area contributed by atoms with Crippen LogP contribution in [0.5, 0.6) is 11.5 Å². The van der Waals surface area contributed by atoms with Gasteiger partial charge in [-0.2, -0.15) is 0 Å². The van der Waals surface area contributed by atoms with Crippen molar-refractivity contribution >= 4 is 5.91 Å². The molecule has 3 aromatic rings. The average molecular weight is 376 g/mol. The van der Waals surface area contributed by atoms with Gasteiger partial charge in [-0.15, -0.1) is 0 Å². The second kappa shape index (κ2) is 9.04. The summed E-state index contributed by atoms with van der Waals surface area (Å²) >= 11 is 0. The molecule has 1 amide bonds. The maximum atomic E-state index is 13.3. The number of nitrogens with zero attached hydrogens (tertiary/aromatic N) is 2. The van der Waals surface area contributed by atoms with Crippen LogP contribution in [0.4, 0.5) is 0 Å². The van der Waals surface area contributed by atoms with E-state index in [1.165, 1.54) is 0 Å². The van der Waals surface area contributed by atoms with Gasteiger partial charge in [0.2, 0.25) is 0 Å². The van der Waals surface area contributed by atoms with Gasteiger partial charge in [0, 0.05) is 31.0 Å². The Morgan fingerprint density at radius 1 is 0.929 bits per heavy atom. The van der Waals surface area contributed by atoms with Crippen LogP contribution in [0.25, 0.3) is 0 Å². The van der Waals surface area contributed by atoms with E-state index in [0.29, 0.717) is 30.2 Å². The van der Waals surface area contributed by atoms with Crippen molar-refractivity contribution in [2.45, 2.75) is 20.0 Å². The molecular weight excluding hydrogens is 352 g/mol. The Morgan fingerprint density at radius 2 is 1.68 bits per heavy atom. The van der Waals surface area contributed by atoms with Crippen molar-refractivity contribution in [1.82, 2.24) is 9.88 Å². The Hall–Kier alpha value is -3.34. The van der Waals surface area contributed by atoms with E-state index in [0.717, 1.165) is 16.7 Å². The van der Waals surface area contributed by atoms with Gasteiger partial charge in [-0.05, 0) is 47.9 Å². The number of carbonyl (C=O) groups excluding carboxylic acids is 1. The number of benzene rings is 2. The first-order valence-electron chi connectivity index (χ1n) is 9.07. The van der Waals surface area contributed by atoms with Gasteiger partial charge < -0.3 is 14.4 Å². The number of methoxy groups -OCH3 is 2. The molecule has 144 valence electrons. The molecule has 0 saturated heterocycles. The Morgan fingerprint density at radius 3 is 2.36 bits per heavy atom. The summed E-state index contributed by atoms with van der Waals surface area (Å²) in [5, 5.41) is 0. The number of aryl methyl sites for hydroxylation is 1. The summed E-state index contributed by atoms with van der Waals surface area (Å²) in [7, 11) is 3.21. The number of carbonyl (C=O) groups is 1. The average Bonchev–Trinajstić information content (AvgIpc) is 2.73. The molecule has 0 unspecified atom stereocenters. The van der Waals surface area contributed by atoms with Crippen molar-refractivity contribution in [1.29, 1.82) is 0 Å². The number of ether oxygens (including phenoxy) is 2. The maximum Gasteiger partial charge on any atom is 0.254 e. The van der Waals surface area contributed by atoms with Crippen LogP contribution in [0, 0.1) is 6.92 Å². The fraction of sp³-hybridized carbons (Fsp3) is 0.217. The summed E-state index contributed by atoms with van der Waals surface area (Å²) in [6.07, 6.45) is 3.51. The molecule has 0 aliphatic heterocycles. The fourth-order valence-electron chi connectivity index (χ4n) is 3.09. The minimum Gasteiger partial charge on any atom is -0.493 e. The molecule has 0 aliphatic rings. The SMILES string of the molecule is COc1ccc(CN(Cc2cccnc2)C(=O)c2ccccc2C)cc1OC. The van der Waals surface area contributed by atoms with E-state index >= 15 is 0 Å². The largest absolute Gasteiger partial charge is 0.493 e. The first-order chi connectivity index (χ1) is 13.6. The normalized spacial score (nSPS) is 10.4. The quantitative estimate of drug-likeness (QED) is 0.619. The highest BCUT2D eigenvalue weighted by atomic mass is 16.5. The first-order valence-corrected chi connectivity index (χ1v) is 9.07. The molecule has 0 radical (unpaired) electrons. The third-order valence-corrected chi connectivity index (χ3v) is 4.58. The van der Waals surface area contributed by atoms with Gasteiger partial charge in [-0.1, -0.05) is 30.3 Å². The molecule has 0 aliphatic carbocycles. The second-order valence-electron chi connectivity index (χ2n) is 6.53. The van der Waals surface area contributed by atoms with Gasteiger partial charge in [0.25, 0.3) is 5.91 Å². The number of pyridine rings is 1. The lowest BCUT2D eigenvalue weighted by molar-refractivity contribution is 0.0729. The van der Waals surface area contributed by atoms with Crippen molar-refractivity contribution < 1.29 is 14.3 Å². The molecule has 0 fully saturated rings. The molecule has 1 heterocycles. The molecule has 0 N–H and O–H groups in total. The van der Waals surface area contributed by atoms with E-state index < -0.39 is 0 Å². The lowest BCUT2D eigenvalue weighted by atomic mass is 10.1. The zero-order chi connectivity index (χ0) is 19.9. The van der Waals surface area contributed by atoms with Crippen LogP contribution in [0.2, 0.25) is 0 Å². The molecule has 28 heavy (non-hydrogen) atoms. The minimum atomic E-state index is -0.0169. The molecule has 1 aromatic heterocycles. The van der Waals surface area contributed by atoms with Crippen molar-refractivity contribution in [3.8, 4) is 11.5 Å². The fourth-order valence-corrected chi connectivity index (χ4v) is 3.09. The van der Waals surface area contributed by atoms with E-state index in [9.17, 15) is 4.79 Å². The minimum absolute atomic E-state index is 0.0169. The van der Waals surface area contributed by atoms with Crippen LogP contribution in [-0.4, -0.2) is 30.0 Å². The van der Waals surface area contributed by atoms with Gasteiger partial charge in [-0.25, -0.2) is 0 Å². The van der Waals surface area contributed by atoms with Gasteiger partial charge in [0.15, 0.2) is 11.5 Å². The van der Waals surface area contributed by atoms with Crippen LogP contribution in [0.15, 0.2) is 67.0 Å². The topological polar surface area (TPSA) is 51.7 Å². The number of aromatic nitrogens is 1.